The number of anilines is 1. The van der Waals surface area contributed by atoms with Crippen molar-refractivity contribution in [3.8, 4) is 0 Å². The number of rotatable bonds is 4. The van der Waals surface area contributed by atoms with Gasteiger partial charge in [-0.2, -0.15) is 0 Å². The van der Waals surface area contributed by atoms with E-state index in [2.05, 4.69) is 15.3 Å². The third-order valence-corrected chi connectivity index (χ3v) is 3.94. The number of nitrogens with one attached hydrogen (secondary N) is 1. The first-order chi connectivity index (χ1) is 11.2. The van der Waals surface area contributed by atoms with Crippen LogP contribution in [0.15, 0.2) is 36.5 Å². The molecule has 0 spiro atoms. The first-order valence-corrected chi connectivity index (χ1v) is 7.79. The van der Waals surface area contributed by atoms with Crippen LogP contribution in [-0.4, -0.2) is 47.1 Å². The van der Waals surface area contributed by atoms with Gasteiger partial charge in [0.1, 0.15) is 5.69 Å². The Balaban J connectivity index is 1.67. The number of hydrogen-bond acceptors (Lipinski definition) is 5. The molecule has 7 heteroatoms. The molecular weight excluding hydrogens is 316 g/mol. The monoisotopic (exact) mass is 332 g/mol. The molecule has 0 radical (unpaired) electrons. The number of benzene rings is 1. The molecule has 1 aromatic carbocycles. The van der Waals surface area contributed by atoms with Gasteiger partial charge in [-0.3, -0.25) is 4.79 Å². The Morgan fingerprint density at radius 1 is 1.26 bits per heavy atom. The quantitative estimate of drug-likeness (QED) is 0.929. The molecule has 0 atom stereocenters. The zero-order chi connectivity index (χ0) is 16.1. The second kappa shape index (κ2) is 7.39. The molecule has 0 unspecified atom stereocenters. The summed E-state index contributed by atoms with van der Waals surface area (Å²) in [5.41, 5.74) is 1.33. The van der Waals surface area contributed by atoms with E-state index in [1.165, 1.54) is 0 Å². The Bertz CT molecular complexity index is 689. The van der Waals surface area contributed by atoms with Crippen LogP contribution in [-0.2, 0) is 11.3 Å². The molecule has 0 bridgehead atoms. The van der Waals surface area contributed by atoms with E-state index < -0.39 is 0 Å². The number of hydrogen-bond donors (Lipinski definition) is 1. The maximum Gasteiger partial charge on any atom is 0.272 e. The summed E-state index contributed by atoms with van der Waals surface area (Å²) < 4.78 is 5.26. The largest absolute Gasteiger partial charge is 0.378 e. The van der Waals surface area contributed by atoms with Gasteiger partial charge in [-0.05, 0) is 17.7 Å². The average Bonchev–Trinajstić information content (AvgIpc) is 2.61. The second-order valence-corrected chi connectivity index (χ2v) is 5.52. The van der Waals surface area contributed by atoms with Gasteiger partial charge in [0.05, 0.1) is 13.2 Å². The van der Waals surface area contributed by atoms with Crippen molar-refractivity contribution in [3.05, 3.63) is 52.8 Å². The predicted octanol–water partition coefficient (Wildman–Crippen LogP) is 2.21. The van der Waals surface area contributed by atoms with Gasteiger partial charge in [-0.25, -0.2) is 9.97 Å². The van der Waals surface area contributed by atoms with Crippen LogP contribution in [0, 0.1) is 0 Å². The first-order valence-electron chi connectivity index (χ1n) is 7.41. The van der Waals surface area contributed by atoms with Crippen molar-refractivity contribution in [2.24, 2.45) is 0 Å². The fraction of sp³-hybridized carbons (Fsp3) is 0.312. The lowest BCUT2D eigenvalue weighted by molar-refractivity contribution is 0.0299. The van der Waals surface area contributed by atoms with Gasteiger partial charge in [0.2, 0.25) is 5.95 Å². The Morgan fingerprint density at radius 2 is 2.04 bits per heavy atom. The first kappa shape index (κ1) is 15.7. The molecule has 1 aromatic heterocycles. The van der Waals surface area contributed by atoms with Gasteiger partial charge in [-0.1, -0.05) is 29.8 Å². The molecule has 2 heterocycles. The Labute approximate surface area is 139 Å². The van der Waals surface area contributed by atoms with Gasteiger partial charge in [-0.15, -0.1) is 0 Å². The lowest BCUT2D eigenvalue weighted by Gasteiger charge is -2.26. The Kier molecular flexibility index (Phi) is 5.05. The third kappa shape index (κ3) is 3.97. The fourth-order valence-electron chi connectivity index (χ4n) is 2.31. The number of nitrogens with zero attached hydrogens (tertiary/aromatic N) is 3. The van der Waals surface area contributed by atoms with Crippen LogP contribution in [0.3, 0.4) is 0 Å². The van der Waals surface area contributed by atoms with Gasteiger partial charge < -0.3 is 15.0 Å². The highest BCUT2D eigenvalue weighted by molar-refractivity contribution is 6.31. The lowest BCUT2D eigenvalue weighted by atomic mass is 10.2. The van der Waals surface area contributed by atoms with Crippen molar-refractivity contribution < 1.29 is 9.53 Å². The molecule has 6 nitrogen and oxygen atoms in total. The highest BCUT2D eigenvalue weighted by atomic mass is 35.5. The molecule has 2 aromatic rings. The molecule has 1 fully saturated rings. The molecule has 23 heavy (non-hydrogen) atoms. The number of morpholine rings is 1. The van der Waals surface area contributed by atoms with Crippen molar-refractivity contribution in [3.63, 3.8) is 0 Å². The minimum absolute atomic E-state index is 0.100. The van der Waals surface area contributed by atoms with Crippen molar-refractivity contribution in [2.75, 3.05) is 31.6 Å². The number of aromatic nitrogens is 2. The fourth-order valence-corrected chi connectivity index (χ4v) is 2.51. The summed E-state index contributed by atoms with van der Waals surface area (Å²) in [6, 6.07) is 9.18. The molecule has 1 aliphatic heterocycles. The van der Waals surface area contributed by atoms with Crippen LogP contribution in [0.1, 0.15) is 16.1 Å². The van der Waals surface area contributed by atoms with Crippen LogP contribution in [0.2, 0.25) is 5.02 Å². The number of halogens is 1. The predicted molar refractivity (Wildman–Crippen MR) is 87.5 cm³/mol. The van der Waals surface area contributed by atoms with E-state index in [1.54, 1.807) is 17.2 Å². The average molecular weight is 333 g/mol. The highest BCUT2D eigenvalue weighted by Gasteiger charge is 2.20. The number of amides is 1. The van der Waals surface area contributed by atoms with Crippen molar-refractivity contribution in [1.82, 2.24) is 14.9 Å². The summed E-state index contributed by atoms with van der Waals surface area (Å²) >= 11 is 6.12. The number of carbonyl (C=O) groups is 1. The summed E-state index contributed by atoms with van der Waals surface area (Å²) in [7, 11) is 0. The summed E-state index contributed by atoms with van der Waals surface area (Å²) in [4.78, 5) is 22.6. The van der Waals surface area contributed by atoms with E-state index in [-0.39, 0.29) is 5.91 Å². The maximum atomic E-state index is 12.4. The van der Waals surface area contributed by atoms with E-state index in [1.807, 2.05) is 24.3 Å². The van der Waals surface area contributed by atoms with Gasteiger partial charge in [0.15, 0.2) is 0 Å². The molecule has 3 rings (SSSR count). The van der Waals surface area contributed by atoms with Gasteiger partial charge >= 0.3 is 0 Å². The maximum absolute atomic E-state index is 12.4. The van der Waals surface area contributed by atoms with Crippen LogP contribution in [0.25, 0.3) is 0 Å². The Hall–Kier alpha value is -2.18. The van der Waals surface area contributed by atoms with E-state index in [9.17, 15) is 4.79 Å². The molecular formula is C16H17ClN4O2. The summed E-state index contributed by atoms with van der Waals surface area (Å²) in [6.45, 7) is 2.80. The Morgan fingerprint density at radius 3 is 2.83 bits per heavy atom. The molecule has 1 amide bonds. The SMILES string of the molecule is O=C(c1ccnc(NCc2ccccc2Cl)n1)N1CCOCC1. The summed E-state index contributed by atoms with van der Waals surface area (Å²) in [5, 5.41) is 3.78. The molecule has 1 aliphatic rings. The van der Waals surface area contributed by atoms with Crippen LogP contribution < -0.4 is 5.32 Å². The van der Waals surface area contributed by atoms with Crippen LogP contribution >= 0.6 is 11.6 Å². The normalized spacial score (nSPS) is 14.6. The summed E-state index contributed by atoms with van der Waals surface area (Å²) in [6.07, 6.45) is 1.58. The number of carbonyl (C=O) groups excluding carboxylic acids is 1. The molecule has 0 aliphatic carbocycles. The molecule has 1 N–H and O–H groups in total. The highest BCUT2D eigenvalue weighted by Crippen LogP contribution is 2.16. The number of ether oxygens (including phenoxy) is 1. The third-order valence-electron chi connectivity index (χ3n) is 3.57. The standard InChI is InChI=1S/C16H17ClN4O2/c17-13-4-2-1-3-12(13)11-19-16-18-6-5-14(20-16)15(22)21-7-9-23-10-8-21/h1-6H,7-11H2,(H,18,19,20). The van der Waals surface area contributed by atoms with E-state index in [0.717, 1.165) is 5.56 Å². The topological polar surface area (TPSA) is 67.4 Å². The minimum atomic E-state index is -0.100. The zero-order valence-corrected chi connectivity index (χ0v) is 13.3. The van der Waals surface area contributed by atoms with Crippen molar-refractivity contribution in [2.45, 2.75) is 6.54 Å². The zero-order valence-electron chi connectivity index (χ0n) is 12.5. The second-order valence-electron chi connectivity index (χ2n) is 5.12. The smallest absolute Gasteiger partial charge is 0.272 e. The lowest BCUT2D eigenvalue weighted by Crippen LogP contribution is -2.41. The van der Waals surface area contributed by atoms with Gasteiger partial charge in [0, 0.05) is 30.9 Å². The van der Waals surface area contributed by atoms with Crippen molar-refractivity contribution >= 4 is 23.5 Å². The van der Waals surface area contributed by atoms with E-state index in [4.69, 9.17) is 16.3 Å². The molecule has 120 valence electrons. The molecule has 0 saturated carbocycles. The van der Waals surface area contributed by atoms with Gasteiger partial charge in [0.25, 0.3) is 5.91 Å². The van der Waals surface area contributed by atoms with Crippen LogP contribution in [0.5, 0.6) is 0 Å². The summed E-state index contributed by atoms with van der Waals surface area (Å²) in [5.74, 6) is 0.306. The minimum Gasteiger partial charge on any atom is -0.378 e. The molecule has 1 saturated heterocycles. The van der Waals surface area contributed by atoms with Crippen LogP contribution in [0.4, 0.5) is 5.95 Å². The van der Waals surface area contributed by atoms with E-state index in [0.29, 0.717) is 49.5 Å². The van der Waals surface area contributed by atoms with Crippen molar-refractivity contribution in [1.29, 1.82) is 0 Å². The van der Waals surface area contributed by atoms with E-state index >= 15 is 0 Å².